The summed E-state index contributed by atoms with van der Waals surface area (Å²) in [6, 6.07) is 7.13. The summed E-state index contributed by atoms with van der Waals surface area (Å²) >= 11 is 0. The van der Waals surface area contributed by atoms with Gasteiger partial charge in [-0.05, 0) is 51.3 Å². The summed E-state index contributed by atoms with van der Waals surface area (Å²) in [4.78, 5) is 14.9. The van der Waals surface area contributed by atoms with Crippen LogP contribution in [0.3, 0.4) is 0 Å². The molecule has 3 rings (SSSR count). The van der Waals surface area contributed by atoms with Gasteiger partial charge >= 0.3 is 0 Å². The Labute approximate surface area is 162 Å². The molecule has 2 unspecified atom stereocenters. The first-order valence-corrected chi connectivity index (χ1v) is 10.4. The Kier molecular flexibility index (Phi) is 6.71. The van der Waals surface area contributed by atoms with Crippen LogP contribution in [0.2, 0.25) is 0 Å². The minimum atomic E-state index is -3.59. The van der Waals surface area contributed by atoms with Crippen LogP contribution in [0.25, 0.3) is 0 Å². The lowest BCUT2D eigenvalue weighted by Gasteiger charge is -2.25. The zero-order chi connectivity index (χ0) is 18.2. The Bertz CT molecular complexity index is 754. The zero-order valence-electron chi connectivity index (χ0n) is 15.5. The number of nitrogens with one attached hydrogen (secondary N) is 1. The lowest BCUT2D eigenvalue weighted by molar-refractivity contribution is 0.0748. The molecule has 1 amide bonds. The van der Waals surface area contributed by atoms with Gasteiger partial charge in [0.05, 0.1) is 4.90 Å². The summed E-state index contributed by atoms with van der Waals surface area (Å²) in [5.74, 6) is -0.0846. The van der Waals surface area contributed by atoms with Gasteiger partial charge in [0.15, 0.2) is 0 Å². The van der Waals surface area contributed by atoms with Crippen LogP contribution in [0.5, 0.6) is 0 Å². The van der Waals surface area contributed by atoms with Gasteiger partial charge in [-0.15, -0.1) is 12.4 Å². The summed E-state index contributed by atoms with van der Waals surface area (Å²) < 4.78 is 26.7. The molecule has 2 heterocycles. The van der Waals surface area contributed by atoms with Crippen molar-refractivity contribution in [2.45, 2.75) is 56.1 Å². The van der Waals surface area contributed by atoms with E-state index in [-0.39, 0.29) is 29.3 Å². The molecule has 0 saturated carbocycles. The molecule has 2 fully saturated rings. The normalized spacial score (nSPS) is 23.0. The quantitative estimate of drug-likeness (QED) is 0.838. The molecule has 0 aliphatic carbocycles. The summed E-state index contributed by atoms with van der Waals surface area (Å²) in [6.07, 6.45) is 3.24. The number of amides is 1. The van der Waals surface area contributed by atoms with E-state index in [1.165, 1.54) is 16.8 Å². The fraction of sp³-hybridized carbons (Fsp3) is 0.611. The van der Waals surface area contributed by atoms with Crippen molar-refractivity contribution >= 4 is 28.3 Å². The highest BCUT2D eigenvalue weighted by Crippen LogP contribution is 2.23. The number of halogens is 1. The fourth-order valence-corrected chi connectivity index (χ4v) is 4.96. The van der Waals surface area contributed by atoms with Gasteiger partial charge in [-0.3, -0.25) is 4.79 Å². The van der Waals surface area contributed by atoms with E-state index in [4.69, 9.17) is 0 Å². The highest BCUT2D eigenvalue weighted by atomic mass is 35.5. The maximum Gasteiger partial charge on any atom is 0.253 e. The summed E-state index contributed by atoms with van der Waals surface area (Å²) in [5.41, 5.74) is 0.441. The molecule has 0 radical (unpaired) electrons. The third kappa shape index (κ3) is 4.22. The second-order valence-corrected chi connectivity index (χ2v) is 9.32. The molecule has 1 aromatic carbocycles. The monoisotopic (exact) mass is 401 g/mol. The molecule has 2 aliphatic heterocycles. The van der Waals surface area contributed by atoms with E-state index in [1.54, 1.807) is 25.2 Å². The molecule has 2 bridgehead atoms. The zero-order valence-corrected chi connectivity index (χ0v) is 17.1. The molecular formula is C18H28ClN3O3S. The van der Waals surface area contributed by atoms with Crippen molar-refractivity contribution in [3.05, 3.63) is 29.8 Å². The summed E-state index contributed by atoms with van der Waals surface area (Å²) in [6.45, 7) is 5.06. The highest BCUT2D eigenvalue weighted by molar-refractivity contribution is 7.89. The molecule has 2 aliphatic rings. The minimum Gasteiger partial charge on any atom is -0.337 e. The number of carbonyl (C=O) groups excluding carboxylic acids is 1. The van der Waals surface area contributed by atoms with E-state index in [2.05, 4.69) is 5.32 Å². The van der Waals surface area contributed by atoms with E-state index in [0.29, 0.717) is 24.2 Å². The smallest absolute Gasteiger partial charge is 0.253 e. The predicted octanol–water partition coefficient (Wildman–Crippen LogP) is 2.10. The van der Waals surface area contributed by atoms with Crippen molar-refractivity contribution < 1.29 is 13.2 Å². The Morgan fingerprint density at radius 2 is 1.92 bits per heavy atom. The van der Waals surface area contributed by atoms with E-state index < -0.39 is 10.0 Å². The molecule has 2 atom stereocenters. The predicted molar refractivity (Wildman–Crippen MR) is 104 cm³/mol. The number of likely N-dealkylation sites (tertiary alicyclic amines) is 1. The van der Waals surface area contributed by atoms with Crippen LogP contribution in [-0.4, -0.2) is 61.8 Å². The van der Waals surface area contributed by atoms with Crippen LogP contribution in [0, 0.1) is 0 Å². The topological polar surface area (TPSA) is 69.7 Å². The molecule has 0 spiro atoms. The third-order valence-corrected chi connectivity index (χ3v) is 7.33. The maximum absolute atomic E-state index is 12.9. The Balaban J connectivity index is 0.00000243. The Morgan fingerprint density at radius 3 is 2.62 bits per heavy atom. The Hall–Kier alpha value is -1.15. The van der Waals surface area contributed by atoms with Crippen molar-refractivity contribution in [3.8, 4) is 0 Å². The van der Waals surface area contributed by atoms with Gasteiger partial charge in [0.25, 0.3) is 5.91 Å². The average Bonchev–Trinajstić information content (AvgIpc) is 2.92. The first-order chi connectivity index (χ1) is 11.8. The highest BCUT2D eigenvalue weighted by Gasteiger charge is 2.32. The number of hydrogen-bond acceptors (Lipinski definition) is 4. The maximum atomic E-state index is 12.9. The molecule has 2 saturated heterocycles. The molecule has 146 valence electrons. The van der Waals surface area contributed by atoms with Crippen molar-refractivity contribution in [1.29, 1.82) is 0 Å². The van der Waals surface area contributed by atoms with Crippen molar-refractivity contribution in [3.63, 3.8) is 0 Å². The number of nitrogens with zero attached hydrogens (tertiary/aromatic N) is 2. The average molecular weight is 402 g/mol. The minimum absolute atomic E-state index is 0. The first kappa shape index (κ1) is 21.2. The number of rotatable bonds is 4. The van der Waals surface area contributed by atoms with Gasteiger partial charge in [-0.2, -0.15) is 4.31 Å². The number of fused-ring (bicyclic) bond motifs is 2. The standard InChI is InChI=1S/C18H27N3O3S.ClH/c1-13(2)20(3)25(23,24)17-6-4-5-14(11-17)18(22)21-10-9-15-7-8-16(12-21)19-15;/h4-6,11,13,15-16,19H,7-10,12H2,1-3H3;1H. The summed E-state index contributed by atoms with van der Waals surface area (Å²) in [7, 11) is -2.03. The molecule has 26 heavy (non-hydrogen) atoms. The van der Waals surface area contributed by atoms with Gasteiger partial charge in [0.1, 0.15) is 0 Å². The van der Waals surface area contributed by atoms with E-state index >= 15 is 0 Å². The molecule has 1 N–H and O–H groups in total. The van der Waals surface area contributed by atoms with Gasteiger partial charge < -0.3 is 10.2 Å². The number of sulfonamides is 1. The van der Waals surface area contributed by atoms with Crippen molar-refractivity contribution in [2.24, 2.45) is 0 Å². The second kappa shape index (κ2) is 8.25. The number of benzene rings is 1. The van der Waals surface area contributed by atoms with Crippen LogP contribution < -0.4 is 5.32 Å². The Morgan fingerprint density at radius 1 is 1.23 bits per heavy atom. The molecule has 8 heteroatoms. The number of carbonyl (C=O) groups is 1. The van der Waals surface area contributed by atoms with Gasteiger partial charge in [-0.25, -0.2) is 8.42 Å². The van der Waals surface area contributed by atoms with Crippen molar-refractivity contribution in [2.75, 3.05) is 20.1 Å². The van der Waals surface area contributed by atoms with Crippen LogP contribution in [0.4, 0.5) is 0 Å². The lowest BCUT2D eigenvalue weighted by atomic mass is 10.1. The van der Waals surface area contributed by atoms with Gasteiger partial charge in [0.2, 0.25) is 10.0 Å². The second-order valence-electron chi connectivity index (χ2n) is 7.32. The van der Waals surface area contributed by atoms with E-state index in [0.717, 1.165) is 19.4 Å². The van der Waals surface area contributed by atoms with Crippen LogP contribution >= 0.6 is 12.4 Å². The van der Waals surface area contributed by atoms with E-state index in [9.17, 15) is 13.2 Å². The SMILES string of the molecule is CC(C)N(C)S(=O)(=O)c1cccc(C(=O)N2CCC3CCC(C2)N3)c1.Cl. The fourth-order valence-electron chi connectivity index (χ4n) is 3.54. The molecule has 1 aromatic rings. The largest absolute Gasteiger partial charge is 0.337 e. The van der Waals surface area contributed by atoms with Gasteiger partial charge in [-0.1, -0.05) is 6.07 Å². The van der Waals surface area contributed by atoms with E-state index in [1.807, 2.05) is 18.7 Å². The molecular weight excluding hydrogens is 374 g/mol. The van der Waals surface area contributed by atoms with Crippen LogP contribution in [-0.2, 0) is 10.0 Å². The lowest BCUT2D eigenvalue weighted by Crippen LogP contribution is -2.39. The van der Waals surface area contributed by atoms with Crippen LogP contribution in [0.15, 0.2) is 29.2 Å². The first-order valence-electron chi connectivity index (χ1n) is 8.92. The van der Waals surface area contributed by atoms with Gasteiger partial charge in [0, 0.05) is 43.8 Å². The third-order valence-electron chi connectivity index (χ3n) is 5.30. The van der Waals surface area contributed by atoms with Crippen molar-refractivity contribution in [1.82, 2.24) is 14.5 Å². The summed E-state index contributed by atoms with van der Waals surface area (Å²) in [5, 5.41) is 3.56. The molecule has 6 nitrogen and oxygen atoms in total. The number of hydrogen-bond donors (Lipinski definition) is 1. The molecule has 0 aromatic heterocycles. The van der Waals surface area contributed by atoms with Crippen LogP contribution in [0.1, 0.15) is 43.5 Å².